The molecular formula is C13H22N2S. The molecule has 0 bridgehead atoms. The Morgan fingerprint density at radius 2 is 2.00 bits per heavy atom. The average molecular weight is 238 g/mol. The molecular weight excluding hydrogens is 216 g/mol. The molecule has 0 unspecified atom stereocenters. The van der Waals surface area contributed by atoms with Crippen molar-refractivity contribution >= 4 is 12.6 Å². The summed E-state index contributed by atoms with van der Waals surface area (Å²) in [6.45, 7) is 3.30. The second-order valence-corrected chi connectivity index (χ2v) is 5.14. The number of fused-ring (bicyclic) bond motifs is 1. The van der Waals surface area contributed by atoms with Gasteiger partial charge < -0.3 is 4.57 Å². The van der Waals surface area contributed by atoms with Crippen LogP contribution in [-0.4, -0.2) is 15.3 Å². The van der Waals surface area contributed by atoms with Crippen molar-refractivity contribution in [3.8, 4) is 0 Å². The number of aromatic nitrogens is 2. The highest BCUT2D eigenvalue weighted by Crippen LogP contribution is 2.22. The van der Waals surface area contributed by atoms with Crippen LogP contribution in [0.15, 0.2) is 0 Å². The number of imidazole rings is 1. The van der Waals surface area contributed by atoms with E-state index >= 15 is 0 Å². The molecule has 90 valence electrons. The second-order valence-electron chi connectivity index (χ2n) is 4.70. The summed E-state index contributed by atoms with van der Waals surface area (Å²) in [6, 6.07) is 0. The summed E-state index contributed by atoms with van der Waals surface area (Å²) in [7, 11) is 0. The summed E-state index contributed by atoms with van der Waals surface area (Å²) in [5, 5.41) is 0. The average Bonchev–Trinajstić information content (AvgIpc) is 2.61. The van der Waals surface area contributed by atoms with Gasteiger partial charge in [-0.1, -0.05) is 6.42 Å². The number of nitrogens with zero attached hydrogens (tertiary/aromatic N) is 2. The van der Waals surface area contributed by atoms with Crippen LogP contribution in [0.5, 0.6) is 0 Å². The van der Waals surface area contributed by atoms with Gasteiger partial charge in [-0.3, -0.25) is 0 Å². The molecule has 1 aliphatic rings. The van der Waals surface area contributed by atoms with E-state index in [-0.39, 0.29) is 0 Å². The molecule has 0 amide bonds. The molecule has 1 aliphatic carbocycles. The lowest BCUT2D eigenvalue weighted by Crippen LogP contribution is -2.09. The molecule has 2 rings (SSSR count). The standard InChI is InChI=1S/C13H22N2S/c1-11-14-12-7-3-4-8-13(12)15(11)9-5-2-6-10-16/h16H,2-10H2,1H3. The van der Waals surface area contributed by atoms with Gasteiger partial charge in [0.05, 0.1) is 5.69 Å². The van der Waals surface area contributed by atoms with Crippen LogP contribution in [0, 0.1) is 6.92 Å². The number of thiol groups is 1. The van der Waals surface area contributed by atoms with E-state index in [4.69, 9.17) is 4.98 Å². The number of hydrogen-bond acceptors (Lipinski definition) is 2. The molecule has 2 nitrogen and oxygen atoms in total. The van der Waals surface area contributed by atoms with Crippen molar-refractivity contribution in [2.24, 2.45) is 0 Å². The molecule has 0 atom stereocenters. The van der Waals surface area contributed by atoms with E-state index in [1.165, 1.54) is 62.2 Å². The molecule has 0 radical (unpaired) electrons. The third-order valence-electron chi connectivity index (χ3n) is 3.46. The lowest BCUT2D eigenvalue weighted by atomic mass is 10.0. The van der Waals surface area contributed by atoms with Crippen LogP contribution in [-0.2, 0) is 19.4 Å². The Kier molecular flexibility index (Phi) is 4.33. The first-order valence-electron chi connectivity index (χ1n) is 6.48. The van der Waals surface area contributed by atoms with Crippen LogP contribution < -0.4 is 0 Å². The Labute approximate surface area is 104 Å². The van der Waals surface area contributed by atoms with Crippen LogP contribution in [0.2, 0.25) is 0 Å². The highest BCUT2D eigenvalue weighted by atomic mass is 32.1. The molecule has 1 heterocycles. The van der Waals surface area contributed by atoms with Gasteiger partial charge in [0.1, 0.15) is 5.82 Å². The molecule has 0 saturated heterocycles. The Bertz CT molecular complexity index is 344. The molecule has 0 N–H and O–H groups in total. The van der Waals surface area contributed by atoms with Crippen molar-refractivity contribution in [1.29, 1.82) is 0 Å². The van der Waals surface area contributed by atoms with Gasteiger partial charge in [-0.25, -0.2) is 4.98 Å². The van der Waals surface area contributed by atoms with Crippen molar-refractivity contribution in [1.82, 2.24) is 9.55 Å². The lowest BCUT2D eigenvalue weighted by molar-refractivity contribution is 0.555. The number of aryl methyl sites for hydroxylation is 2. The van der Waals surface area contributed by atoms with Crippen LogP contribution in [0.25, 0.3) is 0 Å². The van der Waals surface area contributed by atoms with Gasteiger partial charge in [-0.2, -0.15) is 12.6 Å². The van der Waals surface area contributed by atoms with E-state index in [1.54, 1.807) is 0 Å². The number of hydrogen-bond donors (Lipinski definition) is 1. The minimum atomic E-state index is 1.01. The van der Waals surface area contributed by atoms with Crippen molar-refractivity contribution in [2.45, 2.75) is 58.4 Å². The summed E-state index contributed by atoms with van der Waals surface area (Å²) in [5.74, 6) is 2.24. The molecule has 0 aromatic carbocycles. The van der Waals surface area contributed by atoms with E-state index in [0.717, 1.165) is 12.3 Å². The van der Waals surface area contributed by atoms with Gasteiger partial charge in [0.15, 0.2) is 0 Å². The monoisotopic (exact) mass is 238 g/mol. The Morgan fingerprint density at radius 1 is 1.19 bits per heavy atom. The van der Waals surface area contributed by atoms with Crippen molar-refractivity contribution in [2.75, 3.05) is 5.75 Å². The predicted octanol–water partition coefficient (Wildman–Crippen LogP) is 3.17. The zero-order valence-electron chi connectivity index (χ0n) is 10.2. The zero-order valence-corrected chi connectivity index (χ0v) is 11.1. The molecule has 3 heteroatoms. The second kappa shape index (κ2) is 5.76. The van der Waals surface area contributed by atoms with Gasteiger partial charge in [0.25, 0.3) is 0 Å². The fourth-order valence-corrected chi connectivity index (χ4v) is 2.81. The molecule has 0 spiro atoms. The third kappa shape index (κ3) is 2.62. The molecule has 0 saturated carbocycles. The quantitative estimate of drug-likeness (QED) is 0.616. The number of unbranched alkanes of at least 4 members (excludes halogenated alkanes) is 2. The fourth-order valence-electron chi connectivity index (χ4n) is 2.59. The fraction of sp³-hybridized carbons (Fsp3) is 0.769. The summed E-state index contributed by atoms with van der Waals surface area (Å²) < 4.78 is 2.45. The molecule has 1 aromatic rings. The maximum absolute atomic E-state index is 4.70. The topological polar surface area (TPSA) is 17.8 Å². The van der Waals surface area contributed by atoms with Crippen LogP contribution in [0.4, 0.5) is 0 Å². The Morgan fingerprint density at radius 3 is 2.81 bits per heavy atom. The van der Waals surface area contributed by atoms with Crippen molar-refractivity contribution in [3.63, 3.8) is 0 Å². The van der Waals surface area contributed by atoms with E-state index in [9.17, 15) is 0 Å². The maximum atomic E-state index is 4.70. The number of rotatable bonds is 5. The lowest BCUT2D eigenvalue weighted by Gasteiger charge is -2.14. The minimum absolute atomic E-state index is 1.01. The molecule has 1 aromatic heterocycles. The summed E-state index contributed by atoms with van der Waals surface area (Å²) in [4.78, 5) is 4.70. The van der Waals surface area contributed by atoms with E-state index < -0.39 is 0 Å². The first kappa shape index (κ1) is 12.0. The summed E-state index contributed by atoms with van der Waals surface area (Å²) >= 11 is 4.25. The zero-order chi connectivity index (χ0) is 11.4. The predicted molar refractivity (Wildman–Crippen MR) is 71.3 cm³/mol. The first-order chi connectivity index (χ1) is 7.83. The normalized spacial score (nSPS) is 15.1. The van der Waals surface area contributed by atoms with Crippen molar-refractivity contribution < 1.29 is 0 Å². The Balaban J connectivity index is 1.99. The SMILES string of the molecule is Cc1nc2c(n1CCCCCS)CCCC2. The highest BCUT2D eigenvalue weighted by Gasteiger charge is 2.17. The smallest absolute Gasteiger partial charge is 0.106 e. The van der Waals surface area contributed by atoms with Crippen LogP contribution in [0.3, 0.4) is 0 Å². The Hall–Kier alpha value is -0.440. The van der Waals surface area contributed by atoms with E-state index in [1.807, 2.05) is 0 Å². The van der Waals surface area contributed by atoms with Gasteiger partial charge >= 0.3 is 0 Å². The first-order valence-corrected chi connectivity index (χ1v) is 7.12. The third-order valence-corrected chi connectivity index (χ3v) is 3.78. The molecule has 0 fully saturated rings. The molecule has 0 aliphatic heterocycles. The van der Waals surface area contributed by atoms with Crippen LogP contribution in [0.1, 0.15) is 49.3 Å². The van der Waals surface area contributed by atoms with Gasteiger partial charge in [-0.15, -0.1) is 0 Å². The van der Waals surface area contributed by atoms with E-state index in [2.05, 4.69) is 24.1 Å². The van der Waals surface area contributed by atoms with Crippen molar-refractivity contribution in [3.05, 3.63) is 17.2 Å². The van der Waals surface area contributed by atoms with E-state index in [0.29, 0.717) is 0 Å². The van der Waals surface area contributed by atoms with Gasteiger partial charge in [0, 0.05) is 12.2 Å². The largest absolute Gasteiger partial charge is 0.332 e. The summed E-state index contributed by atoms with van der Waals surface area (Å²) in [6.07, 6.45) is 8.89. The summed E-state index contributed by atoms with van der Waals surface area (Å²) in [5.41, 5.74) is 2.90. The van der Waals surface area contributed by atoms with Gasteiger partial charge in [-0.05, 0) is 51.2 Å². The highest BCUT2D eigenvalue weighted by molar-refractivity contribution is 7.80. The minimum Gasteiger partial charge on any atom is -0.332 e. The maximum Gasteiger partial charge on any atom is 0.106 e. The molecule has 16 heavy (non-hydrogen) atoms. The van der Waals surface area contributed by atoms with Crippen LogP contribution >= 0.6 is 12.6 Å². The van der Waals surface area contributed by atoms with Gasteiger partial charge in [0.2, 0.25) is 0 Å².